The summed E-state index contributed by atoms with van der Waals surface area (Å²) in [4.78, 5) is 11.0. The Morgan fingerprint density at radius 1 is 1.35 bits per heavy atom. The number of likely N-dealkylation sites (N-methyl/N-ethyl adjacent to an activating group) is 1. The molecule has 0 bridgehead atoms. The van der Waals surface area contributed by atoms with Crippen molar-refractivity contribution in [3.63, 3.8) is 0 Å². The van der Waals surface area contributed by atoms with Crippen molar-refractivity contribution in [2.24, 2.45) is 0 Å². The molecule has 0 amide bonds. The van der Waals surface area contributed by atoms with Crippen LogP contribution in [0.5, 0.6) is 5.75 Å². The molecular formula is C10H13NO5S. The number of phenolic OH excluding ortho intramolecular Hbond substituents is 1. The van der Waals surface area contributed by atoms with Crippen LogP contribution in [0.2, 0.25) is 0 Å². The number of nitrogens with zero attached hydrogens (tertiary/aromatic N) is 1. The molecule has 1 rings (SSSR count). The first-order valence-electron chi connectivity index (χ1n) is 4.70. The number of benzene rings is 1. The summed E-state index contributed by atoms with van der Waals surface area (Å²) < 4.78 is 29.1. The molecular weight excluding hydrogens is 246 g/mol. The summed E-state index contributed by atoms with van der Waals surface area (Å²) in [6, 6.07) is 5.05. The topological polar surface area (TPSA) is 83.9 Å². The van der Waals surface area contributed by atoms with E-state index in [1.165, 1.54) is 38.4 Å². The van der Waals surface area contributed by atoms with Gasteiger partial charge in [-0.05, 0) is 24.3 Å². The molecule has 0 fully saturated rings. The molecule has 0 saturated carbocycles. The fourth-order valence-corrected chi connectivity index (χ4v) is 2.24. The monoisotopic (exact) mass is 259 g/mol. The standard InChI is InChI=1S/C10H13NO5S/c1-11(7-10(13)16-2)17(14,15)9-5-3-8(12)4-6-9/h3-6,12H,7H2,1-2H3. The molecule has 94 valence electrons. The summed E-state index contributed by atoms with van der Waals surface area (Å²) in [5, 5.41) is 9.06. The van der Waals surface area contributed by atoms with Gasteiger partial charge in [0.1, 0.15) is 12.3 Å². The third kappa shape index (κ3) is 3.18. The summed E-state index contributed by atoms with van der Waals surface area (Å²) in [6.07, 6.45) is 0. The van der Waals surface area contributed by atoms with E-state index in [1.54, 1.807) is 0 Å². The van der Waals surface area contributed by atoms with E-state index in [0.29, 0.717) is 0 Å². The van der Waals surface area contributed by atoms with Crippen LogP contribution in [-0.4, -0.2) is 44.5 Å². The van der Waals surface area contributed by atoms with Gasteiger partial charge in [0.2, 0.25) is 10.0 Å². The molecule has 6 nitrogen and oxygen atoms in total. The molecule has 0 spiro atoms. The molecule has 0 aliphatic carbocycles. The SMILES string of the molecule is COC(=O)CN(C)S(=O)(=O)c1ccc(O)cc1. The third-order valence-electron chi connectivity index (χ3n) is 2.12. The second-order valence-electron chi connectivity index (χ2n) is 3.33. The second-order valence-corrected chi connectivity index (χ2v) is 5.38. The Morgan fingerprint density at radius 2 is 1.88 bits per heavy atom. The zero-order chi connectivity index (χ0) is 13.1. The predicted octanol–water partition coefficient (Wildman–Crippen LogP) is 0.186. The normalized spacial score (nSPS) is 11.5. The maximum atomic E-state index is 11.9. The number of aromatic hydroxyl groups is 1. The van der Waals surface area contributed by atoms with E-state index >= 15 is 0 Å². The average molecular weight is 259 g/mol. The Bertz CT molecular complexity index is 494. The van der Waals surface area contributed by atoms with Gasteiger partial charge in [-0.15, -0.1) is 0 Å². The van der Waals surface area contributed by atoms with Crippen molar-refractivity contribution in [3.8, 4) is 5.75 Å². The molecule has 17 heavy (non-hydrogen) atoms. The number of phenols is 1. The first-order valence-corrected chi connectivity index (χ1v) is 6.14. The summed E-state index contributed by atoms with van der Waals surface area (Å²) in [5.74, 6) is -0.672. The predicted molar refractivity (Wildman–Crippen MR) is 59.9 cm³/mol. The Hall–Kier alpha value is -1.60. The van der Waals surface area contributed by atoms with Gasteiger partial charge in [-0.2, -0.15) is 4.31 Å². The van der Waals surface area contributed by atoms with Crippen LogP contribution in [0.25, 0.3) is 0 Å². The molecule has 1 N–H and O–H groups in total. The molecule has 0 heterocycles. The molecule has 1 aromatic rings. The second kappa shape index (κ2) is 5.15. The highest BCUT2D eigenvalue weighted by molar-refractivity contribution is 7.89. The highest BCUT2D eigenvalue weighted by atomic mass is 32.2. The maximum Gasteiger partial charge on any atom is 0.321 e. The van der Waals surface area contributed by atoms with Gasteiger partial charge < -0.3 is 9.84 Å². The Balaban J connectivity index is 2.95. The minimum atomic E-state index is -3.74. The lowest BCUT2D eigenvalue weighted by atomic mass is 10.3. The van der Waals surface area contributed by atoms with E-state index in [4.69, 9.17) is 5.11 Å². The molecule has 0 aromatic heterocycles. The molecule has 1 aromatic carbocycles. The fraction of sp³-hybridized carbons (Fsp3) is 0.300. The van der Waals surface area contributed by atoms with Crippen LogP contribution < -0.4 is 0 Å². The fourth-order valence-electron chi connectivity index (χ4n) is 1.13. The van der Waals surface area contributed by atoms with Crippen LogP contribution in [0.4, 0.5) is 0 Å². The molecule has 0 aliphatic rings. The van der Waals surface area contributed by atoms with Crippen molar-refractivity contribution in [1.29, 1.82) is 0 Å². The molecule has 0 unspecified atom stereocenters. The van der Waals surface area contributed by atoms with Gasteiger partial charge in [0.15, 0.2) is 0 Å². The third-order valence-corrected chi connectivity index (χ3v) is 3.94. The zero-order valence-electron chi connectivity index (χ0n) is 9.45. The van der Waals surface area contributed by atoms with Gasteiger partial charge in [-0.3, -0.25) is 4.79 Å². The Labute approximate surface area is 99.5 Å². The molecule has 7 heteroatoms. The van der Waals surface area contributed by atoms with Crippen LogP contribution >= 0.6 is 0 Å². The lowest BCUT2D eigenvalue weighted by Gasteiger charge is -2.15. The lowest BCUT2D eigenvalue weighted by Crippen LogP contribution is -2.32. The van der Waals surface area contributed by atoms with E-state index in [2.05, 4.69) is 4.74 Å². The zero-order valence-corrected chi connectivity index (χ0v) is 10.3. The number of methoxy groups -OCH3 is 1. The van der Waals surface area contributed by atoms with Gasteiger partial charge in [0, 0.05) is 7.05 Å². The lowest BCUT2D eigenvalue weighted by molar-refractivity contribution is -0.140. The van der Waals surface area contributed by atoms with Crippen molar-refractivity contribution in [2.45, 2.75) is 4.90 Å². The van der Waals surface area contributed by atoms with Gasteiger partial charge in [0.25, 0.3) is 0 Å². The minimum absolute atomic E-state index is 0.00158. The summed E-state index contributed by atoms with van der Waals surface area (Å²) in [7, 11) is -1.28. The van der Waals surface area contributed by atoms with E-state index < -0.39 is 16.0 Å². The van der Waals surface area contributed by atoms with Crippen LogP contribution in [0, 0.1) is 0 Å². The maximum absolute atomic E-state index is 11.9. The number of esters is 1. The molecule has 0 saturated heterocycles. The quantitative estimate of drug-likeness (QED) is 0.780. The van der Waals surface area contributed by atoms with Crippen LogP contribution in [0.1, 0.15) is 0 Å². The summed E-state index contributed by atoms with van der Waals surface area (Å²) in [5.41, 5.74) is 0. The number of rotatable bonds is 4. The average Bonchev–Trinajstić information content (AvgIpc) is 2.29. The van der Waals surface area contributed by atoms with E-state index in [1.807, 2.05) is 0 Å². The van der Waals surface area contributed by atoms with Crippen LogP contribution in [-0.2, 0) is 19.6 Å². The Morgan fingerprint density at radius 3 is 2.35 bits per heavy atom. The molecule has 0 aliphatic heterocycles. The van der Waals surface area contributed by atoms with Crippen molar-refractivity contribution in [2.75, 3.05) is 20.7 Å². The summed E-state index contributed by atoms with van der Waals surface area (Å²) >= 11 is 0. The van der Waals surface area contributed by atoms with Crippen molar-refractivity contribution in [1.82, 2.24) is 4.31 Å². The largest absolute Gasteiger partial charge is 0.508 e. The number of ether oxygens (including phenoxy) is 1. The highest BCUT2D eigenvalue weighted by Crippen LogP contribution is 2.17. The first kappa shape index (κ1) is 13.5. The van der Waals surface area contributed by atoms with Gasteiger partial charge >= 0.3 is 5.97 Å². The smallest absolute Gasteiger partial charge is 0.321 e. The van der Waals surface area contributed by atoms with Crippen molar-refractivity contribution in [3.05, 3.63) is 24.3 Å². The minimum Gasteiger partial charge on any atom is -0.508 e. The van der Waals surface area contributed by atoms with Crippen molar-refractivity contribution < 1.29 is 23.1 Å². The van der Waals surface area contributed by atoms with Gasteiger partial charge in [-0.1, -0.05) is 0 Å². The number of carbonyl (C=O) groups is 1. The van der Waals surface area contributed by atoms with E-state index in [-0.39, 0.29) is 17.2 Å². The molecule has 0 radical (unpaired) electrons. The van der Waals surface area contributed by atoms with Crippen LogP contribution in [0.3, 0.4) is 0 Å². The highest BCUT2D eigenvalue weighted by Gasteiger charge is 2.22. The number of hydrogen-bond donors (Lipinski definition) is 1. The first-order chi connectivity index (χ1) is 7.87. The van der Waals surface area contributed by atoms with Gasteiger partial charge in [0.05, 0.1) is 12.0 Å². The van der Waals surface area contributed by atoms with Gasteiger partial charge in [-0.25, -0.2) is 8.42 Å². The van der Waals surface area contributed by atoms with Crippen LogP contribution in [0.15, 0.2) is 29.2 Å². The molecule has 0 atom stereocenters. The number of carbonyl (C=O) groups excluding carboxylic acids is 1. The van der Waals surface area contributed by atoms with E-state index in [0.717, 1.165) is 4.31 Å². The van der Waals surface area contributed by atoms with E-state index in [9.17, 15) is 13.2 Å². The summed E-state index contributed by atoms with van der Waals surface area (Å²) in [6.45, 7) is -0.361. The number of sulfonamides is 1. The Kier molecular flexibility index (Phi) is 4.08. The van der Waals surface area contributed by atoms with Crippen molar-refractivity contribution >= 4 is 16.0 Å². The number of hydrogen-bond acceptors (Lipinski definition) is 5.